The van der Waals surface area contributed by atoms with Crippen molar-refractivity contribution in [1.82, 2.24) is 0 Å². The van der Waals surface area contributed by atoms with Crippen molar-refractivity contribution in [3.63, 3.8) is 0 Å². The van der Waals surface area contributed by atoms with E-state index < -0.39 is 17.2 Å². The van der Waals surface area contributed by atoms with Crippen LogP contribution in [0.15, 0.2) is 42.5 Å². The Hall–Kier alpha value is -2.36. The molecule has 3 nitrogen and oxygen atoms in total. The fourth-order valence-electron chi connectivity index (χ4n) is 3.52. The smallest absolute Gasteiger partial charge is 0.314 e. The Morgan fingerprint density at radius 3 is 2.46 bits per heavy atom. The molecule has 1 aliphatic rings. The molecule has 0 atom stereocenters. The zero-order valence-corrected chi connectivity index (χ0v) is 13.7. The molecule has 2 aromatic rings. The summed E-state index contributed by atoms with van der Waals surface area (Å²) in [6, 6.07) is 12.7. The number of benzene rings is 2. The van der Waals surface area contributed by atoms with Crippen molar-refractivity contribution in [2.75, 3.05) is 0 Å². The van der Waals surface area contributed by atoms with E-state index in [1.54, 1.807) is 13.0 Å². The van der Waals surface area contributed by atoms with Crippen molar-refractivity contribution < 1.29 is 19.0 Å². The third kappa shape index (κ3) is 3.01. The first-order valence-electron chi connectivity index (χ1n) is 8.24. The van der Waals surface area contributed by atoms with Gasteiger partial charge in [0, 0.05) is 0 Å². The van der Waals surface area contributed by atoms with E-state index in [1.165, 1.54) is 6.07 Å². The zero-order chi connectivity index (χ0) is 17.2. The van der Waals surface area contributed by atoms with Crippen LogP contribution in [0.5, 0.6) is 5.75 Å². The molecular formula is C20H21FO3. The number of hydrogen-bond acceptors (Lipinski definition) is 2. The van der Waals surface area contributed by atoms with Gasteiger partial charge in [-0.3, -0.25) is 4.79 Å². The van der Waals surface area contributed by atoms with Crippen LogP contribution in [0.1, 0.15) is 42.4 Å². The third-order valence-corrected chi connectivity index (χ3v) is 4.87. The predicted molar refractivity (Wildman–Crippen MR) is 89.7 cm³/mol. The van der Waals surface area contributed by atoms with Gasteiger partial charge in [0.15, 0.2) is 11.6 Å². The second-order valence-corrected chi connectivity index (χ2v) is 6.47. The van der Waals surface area contributed by atoms with Crippen LogP contribution in [0.4, 0.5) is 4.39 Å². The standard InChI is InChI=1S/C20H21FO3/c1-14-11-16(20(19(22)23)9-5-6-10-20)12-17(21)18(14)24-13-15-7-3-2-4-8-15/h2-4,7-8,11-12H,5-6,9-10,13H2,1H3,(H,22,23). The summed E-state index contributed by atoms with van der Waals surface area (Å²) in [6.45, 7) is 2.04. The largest absolute Gasteiger partial charge is 0.486 e. The van der Waals surface area contributed by atoms with E-state index in [0.717, 1.165) is 18.4 Å². The molecule has 0 aromatic heterocycles. The number of halogens is 1. The summed E-state index contributed by atoms with van der Waals surface area (Å²) in [5.74, 6) is -1.16. The van der Waals surface area contributed by atoms with Gasteiger partial charge in [0.05, 0.1) is 5.41 Å². The molecule has 2 aromatic carbocycles. The predicted octanol–water partition coefficient (Wildman–Crippen LogP) is 4.61. The topological polar surface area (TPSA) is 46.5 Å². The Morgan fingerprint density at radius 1 is 1.21 bits per heavy atom. The Bertz CT molecular complexity index is 711. The van der Waals surface area contributed by atoms with Gasteiger partial charge in [-0.25, -0.2) is 4.39 Å². The first-order chi connectivity index (χ1) is 11.5. The quantitative estimate of drug-likeness (QED) is 0.872. The molecule has 0 bridgehead atoms. The molecule has 3 rings (SSSR count). The summed E-state index contributed by atoms with van der Waals surface area (Å²) >= 11 is 0. The van der Waals surface area contributed by atoms with Gasteiger partial charge in [0.1, 0.15) is 6.61 Å². The molecule has 1 saturated carbocycles. The van der Waals surface area contributed by atoms with E-state index in [0.29, 0.717) is 24.0 Å². The first kappa shape index (κ1) is 16.5. The van der Waals surface area contributed by atoms with E-state index in [9.17, 15) is 14.3 Å². The Morgan fingerprint density at radius 2 is 1.88 bits per heavy atom. The van der Waals surface area contributed by atoms with Crippen LogP contribution in [-0.2, 0) is 16.8 Å². The Kier molecular flexibility index (Phi) is 4.56. The van der Waals surface area contributed by atoms with E-state index in [-0.39, 0.29) is 12.4 Å². The number of rotatable bonds is 5. The van der Waals surface area contributed by atoms with E-state index >= 15 is 0 Å². The van der Waals surface area contributed by atoms with Crippen LogP contribution in [-0.4, -0.2) is 11.1 Å². The van der Waals surface area contributed by atoms with Crippen LogP contribution in [0.25, 0.3) is 0 Å². The van der Waals surface area contributed by atoms with Crippen molar-refractivity contribution in [2.45, 2.75) is 44.6 Å². The van der Waals surface area contributed by atoms with Gasteiger partial charge < -0.3 is 9.84 Å². The zero-order valence-electron chi connectivity index (χ0n) is 13.7. The van der Waals surface area contributed by atoms with Gasteiger partial charge in [-0.1, -0.05) is 49.2 Å². The lowest BCUT2D eigenvalue weighted by Gasteiger charge is -2.25. The molecule has 0 saturated heterocycles. The van der Waals surface area contributed by atoms with Crippen LogP contribution in [0.3, 0.4) is 0 Å². The molecule has 0 radical (unpaired) electrons. The normalized spacial score (nSPS) is 16.1. The Labute approximate surface area is 141 Å². The molecule has 4 heteroatoms. The average molecular weight is 328 g/mol. The molecule has 0 spiro atoms. The van der Waals surface area contributed by atoms with Gasteiger partial charge in [-0.15, -0.1) is 0 Å². The molecule has 0 aliphatic heterocycles. The molecule has 0 unspecified atom stereocenters. The van der Waals surface area contributed by atoms with Crippen LogP contribution >= 0.6 is 0 Å². The molecule has 24 heavy (non-hydrogen) atoms. The van der Waals surface area contributed by atoms with Crippen LogP contribution in [0.2, 0.25) is 0 Å². The number of aryl methyl sites for hydroxylation is 1. The minimum Gasteiger partial charge on any atom is -0.486 e. The lowest BCUT2D eigenvalue weighted by Crippen LogP contribution is -2.32. The highest BCUT2D eigenvalue weighted by Gasteiger charge is 2.43. The van der Waals surface area contributed by atoms with Crippen LogP contribution < -0.4 is 4.74 Å². The van der Waals surface area contributed by atoms with Crippen molar-refractivity contribution in [3.05, 3.63) is 65.0 Å². The number of ether oxygens (including phenoxy) is 1. The van der Waals surface area contributed by atoms with Crippen molar-refractivity contribution in [3.8, 4) is 5.75 Å². The van der Waals surface area contributed by atoms with Gasteiger partial charge in [0.25, 0.3) is 0 Å². The maximum atomic E-state index is 14.6. The molecule has 0 heterocycles. The fraction of sp³-hybridized carbons (Fsp3) is 0.350. The molecule has 126 valence electrons. The molecule has 0 amide bonds. The second-order valence-electron chi connectivity index (χ2n) is 6.47. The molecule has 1 fully saturated rings. The maximum Gasteiger partial charge on any atom is 0.314 e. The highest BCUT2D eigenvalue weighted by atomic mass is 19.1. The Balaban J connectivity index is 1.87. The number of carbonyl (C=O) groups is 1. The molecule has 1 aliphatic carbocycles. The maximum absolute atomic E-state index is 14.6. The fourth-order valence-corrected chi connectivity index (χ4v) is 3.52. The lowest BCUT2D eigenvalue weighted by molar-refractivity contribution is -0.143. The van der Waals surface area contributed by atoms with Crippen LogP contribution in [0, 0.1) is 12.7 Å². The van der Waals surface area contributed by atoms with E-state index in [4.69, 9.17) is 4.74 Å². The number of carboxylic acids is 1. The summed E-state index contributed by atoms with van der Waals surface area (Å²) in [6.07, 6.45) is 2.84. The highest BCUT2D eigenvalue weighted by molar-refractivity contribution is 5.82. The van der Waals surface area contributed by atoms with Gasteiger partial charge in [-0.05, 0) is 42.5 Å². The summed E-state index contributed by atoms with van der Waals surface area (Å²) < 4.78 is 20.2. The molecular weight excluding hydrogens is 307 g/mol. The SMILES string of the molecule is Cc1cc(C2(C(=O)O)CCCC2)cc(F)c1OCc1ccccc1. The lowest BCUT2D eigenvalue weighted by atomic mass is 9.78. The number of aliphatic carboxylic acids is 1. The summed E-state index contributed by atoms with van der Waals surface area (Å²) in [5, 5.41) is 9.67. The minimum atomic E-state index is -0.955. The average Bonchev–Trinajstić information content (AvgIpc) is 3.06. The summed E-state index contributed by atoms with van der Waals surface area (Å²) in [5.41, 5.74) is 1.19. The van der Waals surface area contributed by atoms with Gasteiger partial charge in [0.2, 0.25) is 0 Å². The minimum absolute atomic E-state index is 0.195. The van der Waals surface area contributed by atoms with E-state index in [2.05, 4.69) is 0 Å². The molecule has 1 N–H and O–H groups in total. The van der Waals surface area contributed by atoms with E-state index in [1.807, 2.05) is 30.3 Å². The summed E-state index contributed by atoms with van der Waals surface area (Å²) in [4.78, 5) is 11.8. The summed E-state index contributed by atoms with van der Waals surface area (Å²) in [7, 11) is 0. The first-order valence-corrected chi connectivity index (χ1v) is 8.24. The van der Waals surface area contributed by atoms with Gasteiger partial charge >= 0.3 is 5.97 Å². The monoisotopic (exact) mass is 328 g/mol. The van der Waals surface area contributed by atoms with Crippen molar-refractivity contribution in [2.24, 2.45) is 0 Å². The highest BCUT2D eigenvalue weighted by Crippen LogP contribution is 2.43. The van der Waals surface area contributed by atoms with Crippen molar-refractivity contribution in [1.29, 1.82) is 0 Å². The second kappa shape index (κ2) is 6.63. The van der Waals surface area contributed by atoms with Crippen molar-refractivity contribution >= 4 is 5.97 Å². The number of carboxylic acid groups (broad SMARTS) is 1. The number of hydrogen-bond donors (Lipinski definition) is 1. The third-order valence-electron chi connectivity index (χ3n) is 4.87. The van der Waals surface area contributed by atoms with Gasteiger partial charge in [-0.2, -0.15) is 0 Å².